The monoisotopic (exact) mass is 468 g/mol. The van der Waals surface area contributed by atoms with Gasteiger partial charge in [-0.15, -0.1) is 0 Å². The zero-order chi connectivity index (χ0) is 21.5. The van der Waals surface area contributed by atoms with Crippen LogP contribution >= 0.6 is 15.9 Å². The van der Waals surface area contributed by atoms with Crippen LogP contribution in [0.4, 0.5) is 0 Å². The molecule has 0 atom stereocenters. The number of benzene rings is 3. The van der Waals surface area contributed by atoms with E-state index in [1.165, 1.54) is 0 Å². The third kappa shape index (κ3) is 6.10. The molecule has 0 bridgehead atoms. The van der Waals surface area contributed by atoms with Crippen LogP contribution in [0.5, 0.6) is 17.2 Å². The summed E-state index contributed by atoms with van der Waals surface area (Å²) in [6, 6.07) is 20.9. The van der Waals surface area contributed by atoms with E-state index in [0.717, 1.165) is 21.2 Å². The number of carbonyl (C=O) groups excluding carboxylic acids is 1. The van der Waals surface area contributed by atoms with Gasteiger partial charge in [-0.3, -0.25) is 0 Å². The predicted octanol–water partition coefficient (Wildman–Crippen LogP) is 6.44. The average Bonchev–Trinajstić information content (AvgIpc) is 2.74. The Labute approximate surface area is 185 Å². The van der Waals surface area contributed by atoms with Crippen LogP contribution in [0.25, 0.3) is 0 Å². The number of hydrogen-bond donors (Lipinski definition) is 0. The van der Waals surface area contributed by atoms with Crippen LogP contribution in [0, 0.1) is 6.92 Å². The van der Waals surface area contributed by atoms with E-state index in [9.17, 15) is 4.79 Å². The summed E-state index contributed by atoms with van der Waals surface area (Å²) >= 11 is 3.55. The molecule has 0 amide bonds. The molecular weight excluding hydrogens is 444 g/mol. The number of carbonyl (C=O) groups is 1. The van der Waals surface area contributed by atoms with Gasteiger partial charge in [0.15, 0.2) is 6.61 Å². The molecule has 0 aliphatic rings. The molecule has 0 N–H and O–H groups in total. The first-order valence-electron chi connectivity index (χ1n) is 9.82. The van der Waals surface area contributed by atoms with Gasteiger partial charge in [0.1, 0.15) is 23.9 Å². The first kappa shape index (κ1) is 21.9. The lowest BCUT2D eigenvalue weighted by Crippen LogP contribution is -2.18. The largest absolute Gasteiger partial charge is 0.489 e. The van der Waals surface area contributed by atoms with Gasteiger partial charge in [0.2, 0.25) is 0 Å². The Hall–Kier alpha value is -2.79. The lowest BCUT2D eigenvalue weighted by Gasteiger charge is -2.15. The summed E-state index contributed by atoms with van der Waals surface area (Å²) in [5.41, 5.74) is 3.18. The predicted molar refractivity (Wildman–Crippen MR) is 121 cm³/mol. The van der Waals surface area contributed by atoms with E-state index in [1.54, 1.807) is 24.3 Å². The Bertz CT molecular complexity index is 982. The number of aryl methyl sites for hydroxylation is 1. The van der Waals surface area contributed by atoms with Crippen LogP contribution in [-0.2, 0) is 11.4 Å². The minimum Gasteiger partial charge on any atom is -0.489 e. The van der Waals surface area contributed by atoms with E-state index in [4.69, 9.17) is 14.2 Å². The Kier molecular flexibility index (Phi) is 7.52. The minimum atomic E-state index is -0.455. The molecule has 0 spiro atoms. The molecule has 4 nitrogen and oxygen atoms in total. The molecule has 0 aliphatic carbocycles. The first-order valence-corrected chi connectivity index (χ1v) is 10.6. The highest BCUT2D eigenvalue weighted by molar-refractivity contribution is 9.10. The highest BCUT2D eigenvalue weighted by Gasteiger charge is 2.13. The van der Waals surface area contributed by atoms with Crippen molar-refractivity contribution in [3.05, 3.63) is 87.9 Å². The zero-order valence-corrected chi connectivity index (χ0v) is 18.9. The molecular formula is C25H25BrO4. The van der Waals surface area contributed by atoms with E-state index < -0.39 is 5.97 Å². The number of ether oxygens (including phenoxy) is 3. The summed E-state index contributed by atoms with van der Waals surface area (Å²) in [6.45, 7) is 6.49. The van der Waals surface area contributed by atoms with Gasteiger partial charge in [0, 0.05) is 4.47 Å². The second-order valence-electron chi connectivity index (χ2n) is 7.30. The van der Waals surface area contributed by atoms with Gasteiger partial charge in [0.05, 0.1) is 0 Å². The number of rotatable bonds is 8. The van der Waals surface area contributed by atoms with Crippen molar-refractivity contribution in [2.45, 2.75) is 33.3 Å². The fourth-order valence-electron chi connectivity index (χ4n) is 2.89. The van der Waals surface area contributed by atoms with Crippen molar-refractivity contribution >= 4 is 21.9 Å². The molecule has 3 aromatic rings. The topological polar surface area (TPSA) is 44.8 Å². The van der Waals surface area contributed by atoms with Gasteiger partial charge in [-0.1, -0.05) is 60.1 Å². The fourth-order valence-corrected chi connectivity index (χ4v) is 3.25. The van der Waals surface area contributed by atoms with E-state index in [0.29, 0.717) is 23.9 Å². The summed E-state index contributed by atoms with van der Waals surface area (Å²) in [5.74, 6) is 1.68. The van der Waals surface area contributed by atoms with Crippen molar-refractivity contribution in [2.75, 3.05) is 6.61 Å². The summed E-state index contributed by atoms with van der Waals surface area (Å²) in [5, 5.41) is 0. The van der Waals surface area contributed by atoms with Crippen LogP contribution in [0.2, 0.25) is 0 Å². The van der Waals surface area contributed by atoms with E-state index in [-0.39, 0.29) is 12.5 Å². The first-order chi connectivity index (χ1) is 14.4. The summed E-state index contributed by atoms with van der Waals surface area (Å²) in [7, 11) is 0. The van der Waals surface area contributed by atoms with Crippen molar-refractivity contribution in [3.63, 3.8) is 0 Å². The molecule has 0 aliphatic heterocycles. The molecule has 0 radical (unpaired) electrons. The molecule has 3 aromatic carbocycles. The van der Waals surface area contributed by atoms with Gasteiger partial charge in [-0.25, -0.2) is 4.79 Å². The van der Waals surface area contributed by atoms with Crippen LogP contribution in [0.1, 0.15) is 36.5 Å². The van der Waals surface area contributed by atoms with Gasteiger partial charge < -0.3 is 14.2 Å². The maximum Gasteiger partial charge on any atom is 0.349 e. The van der Waals surface area contributed by atoms with Gasteiger partial charge in [0.25, 0.3) is 0 Å². The Morgan fingerprint density at radius 3 is 2.27 bits per heavy atom. The van der Waals surface area contributed by atoms with Crippen LogP contribution in [0.3, 0.4) is 0 Å². The summed E-state index contributed by atoms with van der Waals surface area (Å²) in [4.78, 5) is 12.2. The number of esters is 1. The SMILES string of the molecule is Cc1cc(OCC(=O)Oc2ccc(OCc3ccccc3)cc2)c(C(C)C)cc1Br. The van der Waals surface area contributed by atoms with Gasteiger partial charge in [-0.2, -0.15) is 0 Å². The highest BCUT2D eigenvalue weighted by Crippen LogP contribution is 2.32. The van der Waals surface area contributed by atoms with E-state index in [1.807, 2.05) is 49.4 Å². The van der Waals surface area contributed by atoms with Crippen LogP contribution in [-0.4, -0.2) is 12.6 Å². The zero-order valence-electron chi connectivity index (χ0n) is 17.4. The molecule has 5 heteroatoms. The second kappa shape index (κ2) is 10.3. The average molecular weight is 469 g/mol. The molecule has 0 saturated heterocycles. The van der Waals surface area contributed by atoms with Crippen LogP contribution in [0.15, 0.2) is 71.2 Å². The Morgan fingerprint density at radius 2 is 1.60 bits per heavy atom. The van der Waals surface area contributed by atoms with Crippen molar-refractivity contribution in [2.24, 2.45) is 0 Å². The lowest BCUT2D eigenvalue weighted by atomic mass is 10.0. The molecule has 0 saturated carbocycles. The van der Waals surface area contributed by atoms with E-state index >= 15 is 0 Å². The molecule has 30 heavy (non-hydrogen) atoms. The van der Waals surface area contributed by atoms with E-state index in [2.05, 4.69) is 29.8 Å². The molecule has 0 heterocycles. The molecule has 3 rings (SSSR count). The van der Waals surface area contributed by atoms with Gasteiger partial charge in [-0.05, 0) is 65.9 Å². The normalized spacial score (nSPS) is 10.7. The molecule has 0 unspecified atom stereocenters. The Balaban J connectivity index is 1.53. The Morgan fingerprint density at radius 1 is 0.933 bits per heavy atom. The fraction of sp³-hybridized carbons (Fsp3) is 0.240. The lowest BCUT2D eigenvalue weighted by molar-refractivity contribution is -0.136. The molecule has 0 fully saturated rings. The minimum absolute atomic E-state index is 0.160. The number of hydrogen-bond acceptors (Lipinski definition) is 4. The second-order valence-corrected chi connectivity index (χ2v) is 8.16. The van der Waals surface area contributed by atoms with Crippen molar-refractivity contribution in [1.29, 1.82) is 0 Å². The number of halogens is 1. The molecule has 156 valence electrons. The standard InChI is InChI=1S/C25H25BrO4/c1-17(2)22-14-23(26)18(3)13-24(22)29-16-25(27)30-21-11-9-20(10-12-21)28-15-19-7-5-4-6-8-19/h4-14,17H,15-16H2,1-3H3. The third-order valence-corrected chi connectivity index (χ3v) is 5.42. The quantitative estimate of drug-likeness (QED) is 0.281. The summed E-state index contributed by atoms with van der Waals surface area (Å²) < 4.78 is 17.9. The van der Waals surface area contributed by atoms with Crippen molar-refractivity contribution in [1.82, 2.24) is 0 Å². The smallest absolute Gasteiger partial charge is 0.349 e. The maximum absolute atomic E-state index is 12.2. The maximum atomic E-state index is 12.2. The summed E-state index contributed by atoms with van der Waals surface area (Å²) in [6.07, 6.45) is 0. The van der Waals surface area contributed by atoms with Crippen molar-refractivity contribution in [3.8, 4) is 17.2 Å². The van der Waals surface area contributed by atoms with Crippen LogP contribution < -0.4 is 14.2 Å². The third-order valence-electron chi connectivity index (χ3n) is 4.56. The highest BCUT2D eigenvalue weighted by atomic mass is 79.9. The van der Waals surface area contributed by atoms with Gasteiger partial charge >= 0.3 is 5.97 Å². The molecule has 0 aromatic heterocycles. The van der Waals surface area contributed by atoms with Crippen molar-refractivity contribution < 1.29 is 19.0 Å².